The molecule has 1 heterocycles. The number of hydrogen-bond donors (Lipinski definition) is 2. The Morgan fingerprint density at radius 3 is 2.39 bits per heavy atom. The third-order valence-corrected chi connectivity index (χ3v) is 3.42. The molecule has 0 saturated heterocycles. The largest absolute Gasteiger partial charge is 0.350 e. The predicted octanol–water partition coefficient (Wildman–Crippen LogP) is 4.59. The second-order valence-electron chi connectivity index (χ2n) is 6.90. The fourth-order valence-electron chi connectivity index (χ4n) is 2.23. The van der Waals surface area contributed by atoms with Gasteiger partial charge in [0.15, 0.2) is 11.6 Å². The maximum Gasteiger partial charge on any atom is 0.225 e. The molecule has 0 bridgehead atoms. The van der Waals surface area contributed by atoms with E-state index in [0.29, 0.717) is 23.4 Å². The standard InChI is InChI=1S/C17H20F2N4/c1-17(2,3)23-16-21-14(10-4-5-10)9-15(22-16)20-11-6-7-12(18)13(19)8-11/h6-10H,4-5H2,1-3H3,(H2,20,21,22,23). The van der Waals surface area contributed by atoms with Gasteiger partial charge in [0, 0.05) is 29.3 Å². The Hall–Kier alpha value is -2.24. The lowest BCUT2D eigenvalue weighted by molar-refractivity contribution is 0.509. The fraction of sp³-hybridized carbons (Fsp3) is 0.412. The van der Waals surface area contributed by atoms with Crippen LogP contribution >= 0.6 is 0 Å². The quantitative estimate of drug-likeness (QED) is 0.866. The first kappa shape index (κ1) is 15.6. The maximum absolute atomic E-state index is 13.3. The molecule has 3 rings (SSSR count). The highest BCUT2D eigenvalue weighted by atomic mass is 19.2. The molecule has 0 radical (unpaired) electrons. The van der Waals surface area contributed by atoms with Crippen molar-refractivity contribution in [3.05, 3.63) is 41.6 Å². The molecule has 1 aromatic carbocycles. The number of nitrogens with zero attached hydrogens (tertiary/aromatic N) is 2. The highest BCUT2D eigenvalue weighted by Gasteiger charge is 2.26. The molecule has 4 nitrogen and oxygen atoms in total. The molecule has 0 amide bonds. The van der Waals surface area contributed by atoms with Crippen LogP contribution in [0.4, 0.5) is 26.2 Å². The predicted molar refractivity (Wildman–Crippen MR) is 87.0 cm³/mol. The number of halogens is 2. The summed E-state index contributed by atoms with van der Waals surface area (Å²) in [6, 6.07) is 5.56. The molecule has 0 unspecified atom stereocenters. The van der Waals surface area contributed by atoms with Crippen LogP contribution in [0.3, 0.4) is 0 Å². The van der Waals surface area contributed by atoms with Crippen molar-refractivity contribution in [3.8, 4) is 0 Å². The lowest BCUT2D eigenvalue weighted by Gasteiger charge is -2.21. The molecule has 23 heavy (non-hydrogen) atoms. The van der Waals surface area contributed by atoms with Gasteiger partial charge in [-0.05, 0) is 45.7 Å². The van der Waals surface area contributed by atoms with Gasteiger partial charge in [-0.1, -0.05) is 0 Å². The third-order valence-electron chi connectivity index (χ3n) is 3.42. The average molecular weight is 318 g/mol. The number of aromatic nitrogens is 2. The number of nitrogens with one attached hydrogen (secondary N) is 2. The molecule has 1 aliphatic rings. The van der Waals surface area contributed by atoms with Crippen molar-refractivity contribution in [2.45, 2.75) is 45.1 Å². The first-order chi connectivity index (χ1) is 10.8. The molecule has 6 heteroatoms. The molecular weight excluding hydrogens is 298 g/mol. The van der Waals surface area contributed by atoms with Crippen molar-refractivity contribution >= 4 is 17.5 Å². The van der Waals surface area contributed by atoms with Crippen LogP contribution < -0.4 is 10.6 Å². The van der Waals surface area contributed by atoms with Crippen LogP contribution in [0.5, 0.6) is 0 Å². The second kappa shape index (κ2) is 5.76. The van der Waals surface area contributed by atoms with Crippen molar-refractivity contribution < 1.29 is 8.78 Å². The summed E-state index contributed by atoms with van der Waals surface area (Å²) in [5, 5.41) is 6.28. The monoisotopic (exact) mass is 318 g/mol. The Kier molecular flexibility index (Phi) is 3.92. The fourth-order valence-corrected chi connectivity index (χ4v) is 2.23. The summed E-state index contributed by atoms with van der Waals surface area (Å²) in [4.78, 5) is 8.98. The molecule has 0 spiro atoms. The van der Waals surface area contributed by atoms with Gasteiger partial charge in [-0.25, -0.2) is 13.8 Å². The molecule has 0 aliphatic heterocycles. The first-order valence-corrected chi connectivity index (χ1v) is 7.69. The van der Waals surface area contributed by atoms with Crippen molar-refractivity contribution in [1.82, 2.24) is 9.97 Å². The summed E-state index contributed by atoms with van der Waals surface area (Å²) in [6.07, 6.45) is 2.24. The van der Waals surface area contributed by atoms with Gasteiger partial charge in [0.05, 0.1) is 5.69 Å². The molecule has 2 N–H and O–H groups in total. The minimum Gasteiger partial charge on any atom is -0.350 e. The minimum atomic E-state index is -0.889. The van der Waals surface area contributed by atoms with E-state index in [1.54, 1.807) is 0 Å². The number of rotatable bonds is 4. The second-order valence-corrected chi connectivity index (χ2v) is 6.90. The summed E-state index contributed by atoms with van der Waals surface area (Å²) in [5.74, 6) is -0.192. The van der Waals surface area contributed by atoms with Gasteiger partial charge in [-0.3, -0.25) is 0 Å². The van der Waals surface area contributed by atoms with E-state index in [-0.39, 0.29) is 5.54 Å². The van der Waals surface area contributed by atoms with Gasteiger partial charge in [0.25, 0.3) is 0 Å². The summed E-state index contributed by atoms with van der Waals surface area (Å²) < 4.78 is 26.4. The molecule has 1 aliphatic carbocycles. The van der Waals surface area contributed by atoms with Gasteiger partial charge in [0.1, 0.15) is 5.82 Å². The first-order valence-electron chi connectivity index (χ1n) is 7.69. The summed E-state index contributed by atoms with van der Waals surface area (Å²) in [5.41, 5.74) is 1.25. The van der Waals surface area contributed by atoms with Crippen LogP contribution in [0, 0.1) is 11.6 Å². The van der Waals surface area contributed by atoms with Crippen LogP contribution in [0.1, 0.15) is 45.2 Å². The zero-order valence-corrected chi connectivity index (χ0v) is 13.5. The van der Waals surface area contributed by atoms with Crippen LogP contribution in [0.25, 0.3) is 0 Å². The molecule has 2 aromatic rings. The van der Waals surface area contributed by atoms with Crippen molar-refractivity contribution in [1.29, 1.82) is 0 Å². The maximum atomic E-state index is 13.3. The van der Waals surface area contributed by atoms with Crippen LogP contribution in [0.2, 0.25) is 0 Å². The van der Waals surface area contributed by atoms with Gasteiger partial charge >= 0.3 is 0 Å². The highest BCUT2D eigenvalue weighted by Crippen LogP contribution is 2.40. The van der Waals surface area contributed by atoms with E-state index in [1.807, 2.05) is 26.8 Å². The smallest absolute Gasteiger partial charge is 0.225 e. The number of benzene rings is 1. The molecule has 1 fully saturated rings. The van der Waals surface area contributed by atoms with Gasteiger partial charge in [0.2, 0.25) is 5.95 Å². The molecule has 1 saturated carbocycles. The van der Waals surface area contributed by atoms with Crippen LogP contribution in [-0.2, 0) is 0 Å². The van der Waals surface area contributed by atoms with Gasteiger partial charge in [-0.2, -0.15) is 4.98 Å². The van der Waals surface area contributed by atoms with E-state index in [2.05, 4.69) is 20.6 Å². The lowest BCUT2D eigenvalue weighted by atomic mass is 10.1. The summed E-state index contributed by atoms with van der Waals surface area (Å²) in [6.45, 7) is 6.09. The number of hydrogen-bond acceptors (Lipinski definition) is 4. The van der Waals surface area contributed by atoms with E-state index >= 15 is 0 Å². The Labute approximate surface area is 134 Å². The van der Waals surface area contributed by atoms with Crippen molar-refractivity contribution in [2.75, 3.05) is 10.6 Å². The number of anilines is 3. The summed E-state index contributed by atoms with van der Waals surface area (Å²) >= 11 is 0. The van der Waals surface area contributed by atoms with Crippen LogP contribution in [0.15, 0.2) is 24.3 Å². The van der Waals surface area contributed by atoms with E-state index in [9.17, 15) is 8.78 Å². The van der Waals surface area contributed by atoms with E-state index in [4.69, 9.17) is 0 Å². The zero-order valence-electron chi connectivity index (χ0n) is 13.5. The molecule has 122 valence electrons. The van der Waals surface area contributed by atoms with Crippen molar-refractivity contribution in [3.63, 3.8) is 0 Å². The lowest BCUT2D eigenvalue weighted by Crippen LogP contribution is -2.27. The van der Waals surface area contributed by atoms with Gasteiger partial charge in [-0.15, -0.1) is 0 Å². The van der Waals surface area contributed by atoms with Crippen molar-refractivity contribution in [2.24, 2.45) is 0 Å². The van der Waals surface area contributed by atoms with Gasteiger partial charge < -0.3 is 10.6 Å². The highest BCUT2D eigenvalue weighted by molar-refractivity contribution is 5.58. The van der Waals surface area contributed by atoms with E-state index < -0.39 is 11.6 Å². The zero-order chi connectivity index (χ0) is 16.6. The normalized spacial score (nSPS) is 14.7. The average Bonchev–Trinajstić information content (AvgIpc) is 3.25. The Balaban J connectivity index is 1.89. The van der Waals surface area contributed by atoms with E-state index in [1.165, 1.54) is 6.07 Å². The minimum absolute atomic E-state index is 0.165. The Bertz CT molecular complexity index is 721. The third kappa shape index (κ3) is 4.15. The molecule has 1 aromatic heterocycles. The van der Waals surface area contributed by atoms with E-state index in [0.717, 1.165) is 30.7 Å². The Morgan fingerprint density at radius 1 is 1.04 bits per heavy atom. The molecular formula is C17H20F2N4. The summed E-state index contributed by atoms with van der Waals surface area (Å²) in [7, 11) is 0. The Morgan fingerprint density at radius 2 is 1.78 bits per heavy atom. The molecule has 0 atom stereocenters. The SMILES string of the molecule is CC(C)(C)Nc1nc(Nc2ccc(F)c(F)c2)cc(C2CC2)n1. The topological polar surface area (TPSA) is 49.8 Å². The van der Waals surface area contributed by atoms with Crippen LogP contribution in [-0.4, -0.2) is 15.5 Å².